The van der Waals surface area contributed by atoms with Crippen molar-refractivity contribution in [3.8, 4) is 0 Å². The van der Waals surface area contributed by atoms with Crippen LogP contribution in [0.5, 0.6) is 0 Å². The fourth-order valence-corrected chi connectivity index (χ4v) is 6.39. The first-order chi connectivity index (χ1) is 22.4. The number of nitrogens with one attached hydrogen (secondary N) is 1. The van der Waals surface area contributed by atoms with Gasteiger partial charge in [-0.25, -0.2) is 14.0 Å². The first-order valence-electron chi connectivity index (χ1n) is 15.1. The number of carbonyl (C=O) groups is 4. The van der Waals surface area contributed by atoms with Gasteiger partial charge in [-0.2, -0.15) is 0 Å². The minimum atomic E-state index is -1.26. The highest BCUT2D eigenvalue weighted by molar-refractivity contribution is 6.42. The van der Waals surface area contributed by atoms with Gasteiger partial charge in [0.05, 0.1) is 22.0 Å². The number of carbonyl (C=O) groups excluding carboxylic acids is 2. The Morgan fingerprint density at radius 1 is 0.979 bits per heavy atom. The van der Waals surface area contributed by atoms with Crippen LogP contribution in [0.15, 0.2) is 78.9 Å². The number of rotatable bonds is 9. The lowest BCUT2D eigenvalue weighted by atomic mass is 9.75. The SMILES string of the molecule is CN(CC(CCN1CCC2(CC1)NC(=O)Cc1ccccc12)c1ccc(Cl)c(Cl)c1)C(=O)c1ccc(F)cc1.O=C(O)/C=C/C(=O)O. The summed E-state index contributed by atoms with van der Waals surface area (Å²) in [7, 11) is 1.77. The molecule has 5 rings (SSSR count). The van der Waals surface area contributed by atoms with Gasteiger partial charge in [0.1, 0.15) is 5.82 Å². The van der Waals surface area contributed by atoms with Crippen LogP contribution in [-0.4, -0.2) is 77.0 Å². The van der Waals surface area contributed by atoms with Gasteiger partial charge in [-0.3, -0.25) is 9.59 Å². The second kappa shape index (κ2) is 16.0. The Kier molecular flexibility index (Phi) is 12.1. The molecule has 2 aliphatic heterocycles. The van der Waals surface area contributed by atoms with E-state index in [1.807, 2.05) is 18.2 Å². The van der Waals surface area contributed by atoms with Crippen LogP contribution in [0.25, 0.3) is 0 Å². The van der Waals surface area contributed by atoms with Gasteiger partial charge in [0.15, 0.2) is 0 Å². The van der Waals surface area contributed by atoms with E-state index < -0.39 is 11.9 Å². The molecule has 2 heterocycles. The van der Waals surface area contributed by atoms with Gasteiger partial charge in [0, 0.05) is 50.3 Å². The number of carboxylic acids is 2. The van der Waals surface area contributed by atoms with Crippen LogP contribution in [0.3, 0.4) is 0 Å². The van der Waals surface area contributed by atoms with Gasteiger partial charge in [0.25, 0.3) is 5.91 Å². The van der Waals surface area contributed by atoms with Crippen LogP contribution in [0.4, 0.5) is 4.39 Å². The summed E-state index contributed by atoms with van der Waals surface area (Å²) in [5.41, 5.74) is 3.54. The Bertz CT molecular complexity index is 1620. The predicted molar refractivity (Wildman–Crippen MR) is 177 cm³/mol. The molecule has 0 saturated carbocycles. The lowest BCUT2D eigenvalue weighted by Gasteiger charge is -2.46. The molecule has 12 heteroatoms. The van der Waals surface area contributed by atoms with Crippen LogP contribution in [0.2, 0.25) is 10.0 Å². The molecule has 0 radical (unpaired) electrons. The van der Waals surface area contributed by atoms with E-state index >= 15 is 0 Å². The molecule has 1 atom stereocenters. The molecule has 1 spiro atoms. The Morgan fingerprint density at radius 3 is 2.23 bits per heavy atom. The van der Waals surface area contributed by atoms with Crippen molar-refractivity contribution in [1.82, 2.24) is 15.1 Å². The molecule has 1 unspecified atom stereocenters. The third-order valence-electron chi connectivity index (χ3n) is 8.48. The van der Waals surface area contributed by atoms with Crippen molar-refractivity contribution in [2.24, 2.45) is 0 Å². The van der Waals surface area contributed by atoms with Gasteiger partial charge in [-0.1, -0.05) is 53.5 Å². The van der Waals surface area contributed by atoms with Crippen LogP contribution >= 0.6 is 23.2 Å². The fourth-order valence-electron chi connectivity index (χ4n) is 6.08. The normalized spacial score (nSPS) is 16.0. The van der Waals surface area contributed by atoms with Gasteiger partial charge >= 0.3 is 11.9 Å². The molecule has 1 fully saturated rings. The standard InChI is InChI=1S/C31H32Cl2FN3O2.C4H4O4/c1-36(30(39)21-6-9-25(34)10-7-21)20-24(22-8-11-27(32)28(33)18-22)12-15-37-16-13-31(14-17-37)26-5-3-2-4-23(26)19-29(38)35-31;5-3(6)1-2-4(7)8/h2-11,18,24H,12-17,19-20H2,1H3,(H,35,38);1-2H,(H,5,6)(H,7,8)/b;2-1+. The molecule has 1 saturated heterocycles. The summed E-state index contributed by atoms with van der Waals surface area (Å²) < 4.78 is 13.4. The molecule has 9 nitrogen and oxygen atoms in total. The molecule has 3 N–H and O–H groups in total. The quantitative estimate of drug-likeness (QED) is 0.245. The summed E-state index contributed by atoms with van der Waals surface area (Å²) in [6, 6.07) is 19.5. The topological polar surface area (TPSA) is 127 Å². The number of likely N-dealkylation sites (N-methyl/N-ethyl adjacent to an activating group) is 1. The van der Waals surface area contributed by atoms with E-state index in [9.17, 15) is 23.6 Å². The molecule has 2 aliphatic rings. The number of piperidine rings is 1. The number of nitrogens with zero attached hydrogens (tertiary/aromatic N) is 2. The van der Waals surface area contributed by atoms with Crippen LogP contribution in [-0.2, 0) is 26.3 Å². The van der Waals surface area contributed by atoms with E-state index in [1.54, 1.807) is 18.0 Å². The molecule has 3 aromatic carbocycles. The van der Waals surface area contributed by atoms with Crippen LogP contribution < -0.4 is 5.32 Å². The molecule has 0 aromatic heterocycles. The average molecular weight is 685 g/mol. The minimum Gasteiger partial charge on any atom is -0.478 e. The molecule has 3 aromatic rings. The fraction of sp³-hybridized carbons (Fsp3) is 0.314. The first-order valence-corrected chi connectivity index (χ1v) is 15.8. The number of hydrogen-bond acceptors (Lipinski definition) is 5. The highest BCUT2D eigenvalue weighted by Gasteiger charge is 2.41. The maximum absolute atomic E-state index is 13.4. The molecule has 0 bridgehead atoms. The maximum Gasteiger partial charge on any atom is 0.328 e. The number of carboxylic acid groups (broad SMARTS) is 2. The maximum atomic E-state index is 13.4. The number of hydrogen-bond donors (Lipinski definition) is 3. The zero-order valence-corrected chi connectivity index (χ0v) is 27.3. The van der Waals surface area contributed by atoms with E-state index in [0.717, 1.165) is 50.0 Å². The summed E-state index contributed by atoms with van der Waals surface area (Å²) in [4.78, 5) is 48.8. The van der Waals surface area contributed by atoms with Gasteiger partial charge in [-0.15, -0.1) is 0 Å². The largest absolute Gasteiger partial charge is 0.478 e. The highest BCUT2D eigenvalue weighted by atomic mass is 35.5. The lowest BCUT2D eigenvalue weighted by molar-refractivity contribution is -0.134. The zero-order chi connectivity index (χ0) is 34.1. The number of benzene rings is 3. The van der Waals surface area contributed by atoms with Gasteiger partial charge in [0.2, 0.25) is 5.91 Å². The molecular weight excluding hydrogens is 648 g/mol. The molecule has 47 heavy (non-hydrogen) atoms. The van der Waals surface area contributed by atoms with E-state index in [4.69, 9.17) is 33.4 Å². The van der Waals surface area contributed by atoms with Crippen molar-refractivity contribution in [3.63, 3.8) is 0 Å². The summed E-state index contributed by atoms with van der Waals surface area (Å²) in [6.07, 6.45) is 4.09. The number of likely N-dealkylation sites (tertiary alicyclic amines) is 1. The van der Waals surface area contributed by atoms with E-state index in [-0.39, 0.29) is 29.1 Å². The summed E-state index contributed by atoms with van der Waals surface area (Å²) in [5.74, 6) is -2.93. The lowest BCUT2D eigenvalue weighted by Crippen LogP contribution is -2.56. The zero-order valence-electron chi connectivity index (χ0n) is 25.8. The second-order valence-electron chi connectivity index (χ2n) is 11.7. The Morgan fingerprint density at radius 2 is 1.62 bits per heavy atom. The number of amides is 2. The molecule has 2 amide bonds. The minimum absolute atomic E-state index is 0.0279. The van der Waals surface area contributed by atoms with E-state index in [1.165, 1.54) is 29.8 Å². The smallest absolute Gasteiger partial charge is 0.328 e. The first kappa shape index (κ1) is 35.6. The molecule has 248 valence electrons. The van der Waals surface area contributed by atoms with Crippen LogP contribution in [0, 0.1) is 5.82 Å². The van der Waals surface area contributed by atoms with E-state index in [0.29, 0.717) is 40.7 Å². The van der Waals surface area contributed by atoms with E-state index in [2.05, 4.69) is 28.4 Å². The Hall–Kier alpha value is -4.25. The van der Waals surface area contributed by atoms with Crippen molar-refractivity contribution in [2.45, 2.75) is 37.1 Å². The summed E-state index contributed by atoms with van der Waals surface area (Å²) in [5, 5.41) is 19.9. The van der Waals surface area contributed by atoms with Crippen molar-refractivity contribution < 1.29 is 33.8 Å². The number of fused-ring (bicyclic) bond motifs is 2. The van der Waals surface area contributed by atoms with Crippen molar-refractivity contribution in [3.05, 3.63) is 117 Å². The third-order valence-corrected chi connectivity index (χ3v) is 9.22. The van der Waals surface area contributed by atoms with Gasteiger partial charge in [-0.05, 0) is 78.9 Å². The van der Waals surface area contributed by atoms with Gasteiger partial charge < -0.3 is 25.3 Å². The number of aliphatic carboxylic acids is 2. The van der Waals surface area contributed by atoms with Crippen molar-refractivity contribution >= 4 is 47.0 Å². The summed E-state index contributed by atoms with van der Waals surface area (Å²) >= 11 is 12.5. The number of halogens is 3. The monoisotopic (exact) mass is 683 g/mol. The predicted octanol–water partition coefficient (Wildman–Crippen LogP) is 5.75. The van der Waals surface area contributed by atoms with Crippen molar-refractivity contribution in [1.29, 1.82) is 0 Å². The van der Waals surface area contributed by atoms with Crippen LogP contribution in [0.1, 0.15) is 52.2 Å². The highest BCUT2D eigenvalue weighted by Crippen LogP contribution is 2.38. The second-order valence-corrected chi connectivity index (χ2v) is 12.5. The summed E-state index contributed by atoms with van der Waals surface area (Å²) in [6.45, 7) is 3.06. The third kappa shape index (κ3) is 9.63. The molecule has 0 aliphatic carbocycles. The molecular formula is C35H36Cl2FN3O6. The Labute approximate surface area is 282 Å². The Balaban J connectivity index is 0.000000555. The van der Waals surface area contributed by atoms with Crippen molar-refractivity contribution in [2.75, 3.05) is 33.2 Å². The average Bonchev–Trinajstić information content (AvgIpc) is 3.04.